The molecule has 0 bridgehead atoms. The summed E-state index contributed by atoms with van der Waals surface area (Å²) in [6.07, 6.45) is 4.22. The molecule has 4 nitrogen and oxygen atoms in total. The zero-order valence-electron chi connectivity index (χ0n) is 10.6. The molecule has 1 aliphatic carbocycles. The minimum atomic E-state index is -0.827. The normalized spacial score (nSPS) is 14.5. The van der Waals surface area contributed by atoms with Crippen molar-refractivity contribution in [2.45, 2.75) is 31.7 Å². The Morgan fingerprint density at radius 1 is 1.32 bits per heavy atom. The first-order chi connectivity index (χ1) is 9.22. The van der Waals surface area contributed by atoms with Gasteiger partial charge in [-0.05, 0) is 18.4 Å². The number of aliphatic carboxylic acids is 1. The molecule has 0 aliphatic heterocycles. The van der Waals surface area contributed by atoms with Gasteiger partial charge < -0.3 is 9.67 Å². The fraction of sp³-hybridized carbons (Fsp3) is 0.333. The lowest BCUT2D eigenvalue weighted by Crippen LogP contribution is -2.02. The maximum Gasteiger partial charge on any atom is 0.309 e. The van der Waals surface area contributed by atoms with Gasteiger partial charge >= 0.3 is 5.97 Å². The van der Waals surface area contributed by atoms with Crippen molar-refractivity contribution < 1.29 is 9.90 Å². The van der Waals surface area contributed by atoms with E-state index in [9.17, 15) is 4.79 Å². The summed E-state index contributed by atoms with van der Waals surface area (Å²) in [4.78, 5) is 15.3. The summed E-state index contributed by atoms with van der Waals surface area (Å²) >= 11 is 0. The van der Waals surface area contributed by atoms with E-state index in [0.717, 1.165) is 25.2 Å². The molecular weight excluding hydrogens is 240 g/mol. The van der Waals surface area contributed by atoms with Gasteiger partial charge in [0.1, 0.15) is 5.82 Å². The number of rotatable bonds is 5. The molecule has 1 fully saturated rings. The van der Waals surface area contributed by atoms with Gasteiger partial charge in [-0.15, -0.1) is 0 Å². The summed E-state index contributed by atoms with van der Waals surface area (Å²) < 4.78 is 2.10. The summed E-state index contributed by atoms with van der Waals surface area (Å²) in [5.41, 5.74) is 1.87. The van der Waals surface area contributed by atoms with Crippen LogP contribution in [0.15, 0.2) is 36.5 Å². The molecule has 1 heterocycles. The minimum Gasteiger partial charge on any atom is -0.481 e. The van der Waals surface area contributed by atoms with Crippen LogP contribution in [0.25, 0.3) is 0 Å². The Hall–Kier alpha value is -2.10. The molecule has 3 rings (SSSR count). The minimum absolute atomic E-state index is 0.00150. The summed E-state index contributed by atoms with van der Waals surface area (Å²) in [5, 5.41) is 8.86. The van der Waals surface area contributed by atoms with Crippen LogP contribution in [-0.4, -0.2) is 20.6 Å². The maximum absolute atomic E-state index is 10.8. The lowest BCUT2D eigenvalue weighted by molar-refractivity contribution is -0.136. The smallest absolute Gasteiger partial charge is 0.309 e. The van der Waals surface area contributed by atoms with Crippen LogP contribution in [0, 0.1) is 0 Å². The first-order valence-electron chi connectivity index (χ1n) is 6.54. The average Bonchev–Trinajstić information content (AvgIpc) is 3.14. The quantitative estimate of drug-likeness (QED) is 0.894. The highest BCUT2D eigenvalue weighted by Crippen LogP contribution is 2.39. The Bertz CT molecular complexity index is 585. The predicted octanol–water partition coefficient (Wildman–Crippen LogP) is 2.44. The van der Waals surface area contributed by atoms with Gasteiger partial charge in [0.15, 0.2) is 0 Å². The van der Waals surface area contributed by atoms with Gasteiger partial charge in [0.25, 0.3) is 0 Å². The average molecular weight is 256 g/mol. The largest absolute Gasteiger partial charge is 0.481 e. The highest BCUT2D eigenvalue weighted by atomic mass is 16.4. The van der Waals surface area contributed by atoms with Crippen LogP contribution in [-0.2, 0) is 17.8 Å². The number of nitrogens with zero attached hydrogens (tertiary/aromatic N) is 2. The van der Waals surface area contributed by atoms with Crippen LogP contribution in [0.2, 0.25) is 0 Å². The van der Waals surface area contributed by atoms with Crippen molar-refractivity contribution in [2.75, 3.05) is 0 Å². The van der Waals surface area contributed by atoms with Crippen molar-refractivity contribution in [3.8, 4) is 0 Å². The number of imidazole rings is 1. The van der Waals surface area contributed by atoms with E-state index in [1.54, 1.807) is 0 Å². The number of hydrogen-bond acceptors (Lipinski definition) is 2. The van der Waals surface area contributed by atoms with E-state index in [1.165, 1.54) is 5.56 Å². The first-order valence-corrected chi connectivity index (χ1v) is 6.54. The molecule has 0 saturated heterocycles. The number of carboxylic acids is 1. The second kappa shape index (κ2) is 4.88. The van der Waals surface area contributed by atoms with Crippen molar-refractivity contribution in [1.29, 1.82) is 0 Å². The van der Waals surface area contributed by atoms with Crippen LogP contribution in [0.1, 0.15) is 35.8 Å². The molecule has 2 aromatic rings. The fourth-order valence-corrected chi connectivity index (χ4v) is 2.30. The van der Waals surface area contributed by atoms with Gasteiger partial charge in [0.05, 0.1) is 12.1 Å². The highest BCUT2D eigenvalue weighted by molar-refractivity contribution is 5.69. The third-order valence-electron chi connectivity index (χ3n) is 3.33. The summed E-state index contributed by atoms with van der Waals surface area (Å²) in [5.74, 6) is 0.734. The van der Waals surface area contributed by atoms with Crippen LogP contribution in [0.4, 0.5) is 0 Å². The van der Waals surface area contributed by atoms with E-state index < -0.39 is 5.97 Å². The van der Waals surface area contributed by atoms with Crippen molar-refractivity contribution >= 4 is 5.97 Å². The van der Waals surface area contributed by atoms with Crippen molar-refractivity contribution in [1.82, 2.24) is 9.55 Å². The van der Waals surface area contributed by atoms with Gasteiger partial charge in [-0.2, -0.15) is 0 Å². The third kappa shape index (κ3) is 2.84. The third-order valence-corrected chi connectivity index (χ3v) is 3.33. The molecule has 19 heavy (non-hydrogen) atoms. The molecule has 98 valence electrons. The fourth-order valence-electron chi connectivity index (χ4n) is 2.30. The van der Waals surface area contributed by atoms with E-state index in [4.69, 9.17) is 5.11 Å². The molecule has 0 radical (unpaired) electrons. The second-order valence-corrected chi connectivity index (χ2v) is 5.05. The Morgan fingerprint density at radius 2 is 2.05 bits per heavy atom. The lowest BCUT2D eigenvalue weighted by atomic mass is 10.2. The van der Waals surface area contributed by atoms with Crippen LogP contribution in [0.5, 0.6) is 0 Å². The Balaban J connectivity index is 1.86. The monoisotopic (exact) mass is 256 g/mol. The molecule has 4 heteroatoms. The summed E-state index contributed by atoms with van der Waals surface area (Å²) in [6, 6.07) is 10.2. The standard InChI is InChI=1S/C15H16N2O2/c18-14(19)8-13-10-17(15(16-13)12-6-7-12)9-11-4-2-1-3-5-11/h1-5,10,12H,6-9H2,(H,18,19). The molecule has 1 N–H and O–H groups in total. The molecule has 0 atom stereocenters. The van der Waals surface area contributed by atoms with E-state index in [0.29, 0.717) is 11.6 Å². The first kappa shape index (κ1) is 12.0. The number of hydrogen-bond donors (Lipinski definition) is 1. The van der Waals surface area contributed by atoms with Crippen LogP contribution < -0.4 is 0 Å². The number of carboxylic acid groups (broad SMARTS) is 1. The second-order valence-electron chi connectivity index (χ2n) is 5.05. The Kier molecular flexibility index (Phi) is 3.07. The van der Waals surface area contributed by atoms with Crippen molar-refractivity contribution in [3.05, 3.63) is 53.6 Å². The Morgan fingerprint density at radius 3 is 2.68 bits per heavy atom. The van der Waals surface area contributed by atoms with Gasteiger partial charge in [-0.1, -0.05) is 30.3 Å². The number of carbonyl (C=O) groups is 1. The zero-order chi connectivity index (χ0) is 13.2. The SMILES string of the molecule is O=C(O)Cc1cn(Cc2ccccc2)c(C2CC2)n1. The van der Waals surface area contributed by atoms with Gasteiger partial charge in [-0.25, -0.2) is 4.98 Å². The van der Waals surface area contributed by atoms with Crippen molar-refractivity contribution in [3.63, 3.8) is 0 Å². The summed E-state index contributed by atoms with van der Waals surface area (Å²) in [6.45, 7) is 0.763. The van der Waals surface area contributed by atoms with Gasteiger partial charge in [0.2, 0.25) is 0 Å². The summed E-state index contributed by atoms with van der Waals surface area (Å²) in [7, 11) is 0. The molecule has 1 saturated carbocycles. The predicted molar refractivity (Wildman–Crippen MR) is 71.1 cm³/mol. The lowest BCUT2D eigenvalue weighted by Gasteiger charge is -2.06. The van der Waals surface area contributed by atoms with Crippen LogP contribution in [0.3, 0.4) is 0 Å². The van der Waals surface area contributed by atoms with E-state index in [1.807, 2.05) is 24.4 Å². The molecule has 1 aromatic heterocycles. The van der Waals surface area contributed by atoms with Crippen molar-refractivity contribution in [2.24, 2.45) is 0 Å². The van der Waals surface area contributed by atoms with Gasteiger partial charge in [0, 0.05) is 18.7 Å². The van der Waals surface area contributed by atoms with Gasteiger partial charge in [-0.3, -0.25) is 4.79 Å². The van der Waals surface area contributed by atoms with Crippen LogP contribution >= 0.6 is 0 Å². The van der Waals surface area contributed by atoms with E-state index in [-0.39, 0.29) is 6.42 Å². The maximum atomic E-state index is 10.8. The van der Waals surface area contributed by atoms with E-state index in [2.05, 4.69) is 21.7 Å². The topological polar surface area (TPSA) is 55.1 Å². The highest BCUT2D eigenvalue weighted by Gasteiger charge is 2.29. The van der Waals surface area contributed by atoms with E-state index >= 15 is 0 Å². The molecule has 1 aromatic carbocycles. The number of benzene rings is 1. The molecule has 0 unspecified atom stereocenters. The molecular formula is C15H16N2O2. The number of aromatic nitrogens is 2. The Labute approximate surface area is 111 Å². The molecule has 0 amide bonds. The molecule has 1 aliphatic rings. The zero-order valence-corrected chi connectivity index (χ0v) is 10.6. The molecule has 0 spiro atoms.